The molecule has 0 aliphatic carbocycles. The fraction of sp³-hybridized carbons (Fsp3) is 0.846. The maximum Gasteiger partial charge on any atom is 0.325 e. The molecule has 39 heavy (non-hydrogen) atoms. The Morgan fingerprint density at radius 2 is 0.974 bits per heavy atom. The topological polar surface area (TPSA) is 217 Å². The third-order valence-electron chi connectivity index (χ3n) is 5.55. The second-order valence-corrected chi connectivity index (χ2v) is 10.7. The van der Waals surface area contributed by atoms with E-state index in [1.54, 1.807) is 0 Å². The van der Waals surface area contributed by atoms with Crippen LogP contribution in [-0.2, 0) is 38.8 Å². The van der Waals surface area contributed by atoms with Gasteiger partial charge in [0.15, 0.2) is 5.25 Å². The first kappa shape index (κ1) is 41.2. The van der Waals surface area contributed by atoms with Crippen LogP contribution in [0.2, 0.25) is 0 Å². The molecular weight excluding hydrogens is 534 g/mol. The maximum absolute atomic E-state index is 11.6. The molecule has 232 valence electrons. The summed E-state index contributed by atoms with van der Waals surface area (Å²) >= 11 is 0. The van der Waals surface area contributed by atoms with Crippen LogP contribution in [0.3, 0.4) is 0 Å². The van der Waals surface area contributed by atoms with E-state index in [9.17, 15) is 27.6 Å². The van der Waals surface area contributed by atoms with Gasteiger partial charge in [0, 0.05) is 0 Å². The second-order valence-electron chi connectivity index (χ2n) is 9.12. The summed E-state index contributed by atoms with van der Waals surface area (Å²) in [5.41, 5.74) is 0. The van der Waals surface area contributed by atoms with E-state index >= 15 is 0 Å². The number of carboxylic acids is 2. The van der Waals surface area contributed by atoms with Gasteiger partial charge in [-0.25, -0.2) is 0 Å². The number of ether oxygens (including phenoxy) is 2. The largest absolute Gasteiger partial charge is 0.481 e. The molecule has 12 nitrogen and oxygen atoms in total. The summed E-state index contributed by atoms with van der Waals surface area (Å²) < 4.78 is 39.0. The number of aliphatic carboxylic acids is 2. The van der Waals surface area contributed by atoms with E-state index in [0.29, 0.717) is 13.2 Å². The van der Waals surface area contributed by atoms with E-state index in [0.717, 1.165) is 25.7 Å². The summed E-state index contributed by atoms with van der Waals surface area (Å²) in [6.07, 6.45) is 15.9. The Morgan fingerprint density at radius 1 is 0.641 bits per heavy atom. The normalized spacial score (nSPS) is 11.4. The minimum atomic E-state index is -4.84. The molecule has 1 atom stereocenters. The maximum atomic E-state index is 11.6. The van der Waals surface area contributed by atoms with Crippen LogP contribution in [0.25, 0.3) is 0 Å². The highest BCUT2D eigenvalue weighted by atomic mass is 32.2. The first-order valence-corrected chi connectivity index (χ1v) is 15.2. The van der Waals surface area contributed by atoms with Crippen molar-refractivity contribution in [2.75, 3.05) is 13.2 Å². The van der Waals surface area contributed by atoms with Crippen molar-refractivity contribution >= 4 is 34.0 Å². The Bertz CT molecular complexity index is 725. The first-order valence-electron chi connectivity index (χ1n) is 13.7. The van der Waals surface area contributed by atoms with Crippen molar-refractivity contribution in [1.82, 2.24) is 6.15 Å². The van der Waals surface area contributed by atoms with E-state index in [1.807, 2.05) is 0 Å². The van der Waals surface area contributed by atoms with Crippen molar-refractivity contribution in [3.05, 3.63) is 0 Å². The van der Waals surface area contributed by atoms with Gasteiger partial charge in [0.2, 0.25) is 0 Å². The van der Waals surface area contributed by atoms with Crippen molar-refractivity contribution in [3.8, 4) is 0 Å². The molecule has 0 saturated heterocycles. The average Bonchev–Trinajstić information content (AvgIpc) is 2.84. The lowest BCUT2D eigenvalue weighted by atomic mass is 10.1. The number of rotatable bonds is 23. The van der Waals surface area contributed by atoms with Gasteiger partial charge in [-0.15, -0.1) is 0 Å². The van der Waals surface area contributed by atoms with Gasteiger partial charge in [-0.3, -0.25) is 23.7 Å². The van der Waals surface area contributed by atoms with Crippen LogP contribution in [0.4, 0.5) is 0 Å². The van der Waals surface area contributed by atoms with Crippen LogP contribution < -0.4 is 6.15 Å². The van der Waals surface area contributed by atoms with Gasteiger partial charge < -0.3 is 25.8 Å². The van der Waals surface area contributed by atoms with Gasteiger partial charge in [-0.05, 0) is 12.8 Å². The Labute approximate surface area is 233 Å². The Kier molecular flexibility index (Phi) is 28.9. The lowest BCUT2D eigenvalue weighted by molar-refractivity contribution is -0.150. The summed E-state index contributed by atoms with van der Waals surface area (Å²) in [5, 5.41) is 13.9. The highest BCUT2D eigenvalue weighted by molar-refractivity contribution is 7.87. The quantitative estimate of drug-likeness (QED) is 0.0680. The van der Waals surface area contributed by atoms with Gasteiger partial charge in [0.1, 0.15) is 0 Å². The highest BCUT2D eigenvalue weighted by Crippen LogP contribution is 2.09. The van der Waals surface area contributed by atoms with Crippen LogP contribution in [0.1, 0.15) is 123 Å². The second kappa shape index (κ2) is 27.3. The molecule has 0 spiro atoms. The zero-order valence-corrected chi connectivity index (χ0v) is 24.6. The number of esters is 2. The van der Waals surface area contributed by atoms with E-state index in [4.69, 9.17) is 24.2 Å². The van der Waals surface area contributed by atoms with Crippen LogP contribution in [0.15, 0.2) is 0 Å². The highest BCUT2D eigenvalue weighted by Gasteiger charge is 2.33. The summed E-state index contributed by atoms with van der Waals surface area (Å²) in [6, 6.07) is 0. The summed E-state index contributed by atoms with van der Waals surface area (Å²) in [7, 11) is -4.84. The third-order valence-corrected chi connectivity index (χ3v) is 6.64. The van der Waals surface area contributed by atoms with E-state index in [1.165, 1.54) is 64.2 Å². The molecule has 0 aromatic rings. The fourth-order valence-electron chi connectivity index (χ4n) is 3.32. The van der Waals surface area contributed by atoms with Gasteiger partial charge >= 0.3 is 23.9 Å². The van der Waals surface area contributed by atoms with Crippen LogP contribution >= 0.6 is 0 Å². The number of hydrogen-bond donors (Lipinski definition) is 4. The SMILES string of the molecule is CCCCCCCCCOC(=O)CCC(=O)OCCCCCCCCC.N.O=C(O)CC(C(=O)O)S(=O)(=O)O. The van der Waals surface area contributed by atoms with Gasteiger partial charge in [0.25, 0.3) is 10.1 Å². The lowest BCUT2D eigenvalue weighted by Gasteiger charge is -2.06. The smallest absolute Gasteiger partial charge is 0.325 e. The number of hydrogen-bond acceptors (Lipinski definition) is 9. The molecule has 6 N–H and O–H groups in total. The van der Waals surface area contributed by atoms with Gasteiger partial charge in [-0.2, -0.15) is 8.42 Å². The average molecular weight is 586 g/mol. The minimum Gasteiger partial charge on any atom is -0.481 e. The molecule has 0 aromatic heterocycles. The number of unbranched alkanes of at least 4 members (excludes halogenated alkanes) is 12. The standard InChI is InChI=1S/C22H42O4.C4H6O7S.H3N/c1-3-5-7-9-11-13-15-19-25-21(23)17-18-22(24)26-20-16-14-12-10-8-6-4-2;5-3(6)1-2(4(7)8)12(9,10)11;/h3-20H2,1-2H3;2H,1H2,(H,5,6)(H,7,8)(H,9,10,11);1H3. The molecule has 13 heteroatoms. The van der Waals surface area contributed by atoms with Crippen molar-refractivity contribution in [1.29, 1.82) is 0 Å². The molecule has 0 aliphatic heterocycles. The molecule has 0 fully saturated rings. The Hall–Kier alpha value is -2.25. The van der Waals surface area contributed by atoms with Crippen molar-refractivity contribution in [3.63, 3.8) is 0 Å². The molecule has 0 radical (unpaired) electrons. The van der Waals surface area contributed by atoms with Crippen molar-refractivity contribution in [2.24, 2.45) is 0 Å². The molecule has 0 heterocycles. The number of carbonyl (C=O) groups is 4. The fourth-order valence-corrected chi connectivity index (χ4v) is 3.93. The van der Waals surface area contributed by atoms with E-state index in [-0.39, 0.29) is 30.9 Å². The minimum absolute atomic E-state index is 0. The number of carboxylic acid groups (broad SMARTS) is 2. The molecular formula is C26H51NO11S. The van der Waals surface area contributed by atoms with Crippen LogP contribution in [0.5, 0.6) is 0 Å². The van der Waals surface area contributed by atoms with Crippen molar-refractivity contribution < 1.29 is 51.8 Å². The van der Waals surface area contributed by atoms with E-state index < -0.39 is 33.7 Å². The molecule has 0 saturated carbocycles. The zero-order chi connectivity index (χ0) is 29.2. The predicted molar refractivity (Wildman–Crippen MR) is 147 cm³/mol. The summed E-state index contributed by atoms with van der Waals surface area (Å²) in [4.78, 5) is 43.2. The lowest BCUT2D eigenvalue weighted by Crippen LogP contribution is -2.31. The van der Waals surface area contributed by atoms with Gasteiger partial charge in [0.05, 0.1) is 32.5 Å². The number of carbonyl (C=O) groups excluding carboxylic acids is 2. The molecule has 1 unspecified atom stereocenters. The molecule has 0 aliphatic rings. The van der Waals surface area contributed by atoms with Gasteiger partial charge in [-0.1, -0.05) is 90.9 Å². The molecule has 0 bridgehead atoms. The summed E-state index contributed by atoms with van der Waals surface area (Å²) in [5.74, 6) is -4.08. The van der Waals surface area contributed by atoms with Crippen LogP contribution in [0, 0.1) is 0 Å². The molecule has 0 amide bonds. The Morgan fingerprint density at radius 3 is 1.23 bits per heavy atom. The third kappa shape index (κ3) is 30.2. The monoisotopic (exact) mass is 585 g/mol. The molecule has 0 rings (SSSR count). The van der Waals surface area contributed by atoms with Crippen molar-refractivity contribution in [2.45, 2.75) is 128 Å². The zero-order valence-electron chi connectivity index (χ0n) is 23.7. The summed E-state index contributed by atoms with van der Waals surface area (Å²) in [6.45, 7) is 5.37. The Balaban J connectivity index is -0.000000839. The van der Waals surface area contributed by atoms with Crippen LogP contribution in [-0.4, -0.2) is 65.5 Å². The molecule has 0 aromatic carbocycles. The predicted octanol–water partition coefficient (Wildman–Crippen LogP) is 5.32. The van der Waals surface area contributed by atoms with E-state index in [2.05, 4.69) is 13.8 Å². The first-order chi connectivity index (χ1) is 17.9.